The van der Waals surface area contributed by atoms with Crippen LogP contribution in [0.2, 0.25) is 0 Å². The number of benzene rings is 24. The topological polar surface area (TPSA) is 49.1 Å². The lowest BCUT2D eigenvalue weighted by molar-refractivity contribution is 0.672. The third-order valence-corrected chi connectivity index (χ3v) is 27.0. The smallest absolute Gasteiger partial charge is 0.143 e. The van der Waals surface area contributed by atoms with Crippen molar-refractivity contribution in [2.24, 2.45) is 0 Å². The standard InChI is InChI=1S/C50H33NO.C44H29NO.C38H25NO/c1-4-12-34(13-5-1)37-22-25-42(26-23-37)51(44-32-40(35-14-6-2-7-15-35)30-41(33-44)36-16-8-3-9-17-36)43-27-29-45-39(31-43)21-20-38-24-28-47-46-18-10-11-19-48(46)52-50(47)49(38)45;1-3-10-30(11-4-1)32-20-23-36(24-21-32)45(37-15-9-14-34(28-37)31-12-5-2-6-13-31)38-25-27-39-35(29-38)19-18-33-22-26-41-40-16-7-8-17-42(40)46-44(41)43(33)39;1-3-10-26(11-4-1)28-12-9-15-31(24-28)39(30-13-5-2-6-14-30)32-21-23-33-29(25-32)19-18-27-20-22-35-34-16-7-8-17-36(34)40-38(35)37(27)33/h1-33H;1-29H;1-25H. The van der Waals surface area contributed by atoms with Gasteiger partial charge < -0.3 is 28.0 Å². The quantitative estimate of drug-likeness (QED) is 0.0954. The van der Waals surface area contributed by atoms with Crippen LogP contribution in [0.4, 0.5) is 51.2 Å². The van der Waals surface area contributed by atoms with Crippen molar-refractivity contribution in [3.63, 3.8) is 0 Å². The summed E-state index contributed by atoms with van der Waals surface area (Å²) in [7, 11) is 0. The van der Waals surface area contributed by atoms with Gasteiger partial charge in [0.1, 0.15) is 33.5 Å². The normalized spacial score (nSPS) is 11.5. The van der Waals surface area contributed by atoms with Crippen molar-refractivity contribution in [2.45, 2.75) is 0 Å². The Morgan fingerprint density at radius 2 is 0.333 bits per heavy atom. The van der Waals surface area contributed by atoms with E-state index in [9.17, 15) is 0 Å². The number of para-hydroxylation sites is 4. The molecule has 0 unspecified atom stereocenters. The molecule has 27 aromatic rings. The average molecular weight is 1760 g/mol. The number of hydrogen-bond acceptors (Lipinski definition) is 6. The highest BCUT2D eigenvalue weighted by Gasteiger charge is 2.24. The van der Waals surface area contributed by atoms with Gasteiger partial charge in [-0.1, -0.05) is 376 Å². The number of nitrogens with zero attached hydrogens (tertiary/aromatic N) is 3. The van der Waals surface area contributed by atoms with Gasteiger partial charge in [0, 0.05) is 99.7 Å². The second-order valence-electron chi connectivity index (χ2n) is 35.3. The number of furan rings is 3. The van der Waals surface area contributed by atoms with Gasteiger partial charge in [-0.05, 0) is 267 Å². The lowest BCUT2D eigenvalue weighted by Crippen LogP contribution is -2.10. The zero-order valence-corrected chi connectivity index (χ0v) is 75.3. The molecular formula is C132H87N3O3. The number of rotatable bonds is 15. The Hall–Kier alpha value is -18.4. The van der Waals surface area contributed by atoms with Crippen LogP contribution in [0.5, 0.6) is 0 Å². The molecule has 0 fully saturated rings. The van der Waals surface area contributed by atoms with Crippen molar-refractivity contribution in [3.05, 3.63) is 528 Å². The van der Waals surface area contributed by atoms with E-state index in [1.165, 1.54) is 110 Å². The van der Waals surface area contributed by atoms with E-state index in [0.717, 1.165) is 139 Å². The monoisotopic (exact) mass is 1760 g/mol. The summed E-state index contributed by atoms with van der Waals surface area (Å²) >= 11 is 0. The summed E-state index contributed by atoms with van der Waals surface area (Å²) in [5, 5.41) is 20.9. The van der Waals surface area contributed by atoms with Crippen molar-refractivity contribution in [3.8, 4) is 66.8 Å². The van der Waals surface area contributed by atoms with E-state index in [1.54, 1.807) is 0 Å². The van der Waals surface area contributed by atoms with Crippen molar-refractivity contribution in [1.29, 1.82) is 0 Å². The Morgan fingerprint density at radius 1 is 0.116 bits per heavy atom. The molecule has 0 saturated heterocycles. The molecule has 0 aliphatic carbocycles. The molecule has 0 spiro atoms. The molecule has 0 aliphatic rings. The van der Waals surface area contributed by atoms with E-state index in [1.807, 2.05) is 24.3 Å². The zero-order chi connectivity index (χ0) is 91.4. The molecule has 138 heavy (non-hydrogen) atoms. The van der Waals surface area contributed by atoms with Crippen molar-refractivity contribution >= 4 is 182 Å². The molecule has 0 aliphatic heterocycles. The summed E-state index contributed by atoms with van der Waals surface area (Å²) in [4.78, 5) is 7.07. The number of fused-ring (bicyclic) bond motifs is 21. The van der Waals surface area contributed by atoms with Gasteiger partial charge in [0.15, 0.2) is 0 Å². The maximum absolute atomic E-state index is 6.54. The fourth-order valence-electron chi connectivity index (χ4n) is 20.4. The van der Waals surface area contributed by atoms with Crippen LogP contribution in [0.25, 0.3) is 197 Å². The molecule has 27 rings (SSSR count). The maximum Gasteiger partial charge on any atom is 0.143 e. The summed E-state index contributed by atoms with van der Waals surface area (Å²) in [6.07, 6.45) is 0. The minimum absolute atomic E-state index is 0.913. The second kappa shape index (κ2) is 35.3. The van der Waals surface area contributed by atoms with E-state index in [4.69, 9.17) is 13.3 Å². The van der Waals surface area contributed by atoms with Gasteiger partial charge in [-0.2, -0.15) is 0 Å². The first kappa shape index (κ1) is 81.6. The van der Waals surface area contributed by atoms with Crippen LogP contribution < -0.4 is 14.7 Å². The highest BCUT2D eigenvalue weighted by atomic mass is 16.3. The molecule has 6 nitrogen and oxygen atoms in total. The fraction of sp³-hybridized carbons (Fsp3) is 0. The largest absolute Gasteiger partial charge is 0.455 e. The zero-order valence-electron chi connectivity index (χ0n) is 75.3. The number of anilines is 9. The van der Waals surface area contributed by atoms with Gasteiger partial charge in [-0.3, -0.25) is 0 Å². The van der Waals surface area contributed by atoms with Crippen LogP contribution in [0.3, 0.4) is 0 Å². The maximum atomic E-state index is 6.54. The van der Waals surface area contributed by atoms with Crippen LogP contribution >= 0.6 is 0 Å². The fourth-order valence-corrected chi connectivity index (χ4v) is 20.4. The van der Waals surface area contributed by atoms with E-state index in [-0.39, 0.29) is 0 Å². The van der Waals surface area contributed by atoms with E-state index < -0.39 is 0 Å². The Labute approximate surface area is 798 Å². The van der Waals surface area contributed by atoms with Crippen molar-refractivity contribution in [2.75, 3.05) is 14.7 Å². The number of hydrogen-bond donors (Lipinski definition) is 0. The van der Waals surface area contributed by atoms with Gasteiger partial charge in [-0.25, -0.2) is 0 Å². The van der Waals surface area contributed by atoms with E-state index >= 15 is 0 Å². The third kappa shape index (κ3) is 15.3. The Kier molecular flexibility index (Phi) is 20.9. The first-order chi connectivity index (χ1) is 68.4. The molecule has 0 atom stereocenters. The SMILES string of the molecule is c1ccc(-c2ccc(N(c3cc(-c4ccccc4)cc(-c4ccccc4)c3)c3ccc4c(ccc5ccc6c7ccccc7oc6c54)c3)cc2)cc1.c1ccc(-c2ccc(N(c3cccc(-c4ccccc4)c3)c3ccc4c(ccc5ccc6c7ccccc7oc6c54)c3)cc2)cc1.c1ccc(-c2cccc(N(c3ccccc3)c3ccc4c(ccc5ccc6c7ccccc7oc6c54)c3)c2)cc1. The first-order valence-corrected chi connectivity index (χ1v) is 47.0. The average Bonchev–Trinajstić information content (AvgIpc) is 1.54. The minimum atomic E-state index is 0.913. The molecule has 0 N–H and O–H groups in total. The predicted octanol–water partition coefficient (Wildman–Crippen LogP) is 38.1. The second-order valence-corrected chi connectivity index (χ2v) is 35.3. The van der Waals surface area contributed by atoms with Gasteiger partial charge in [0.2, 0.25) is 0 Å². The minimum Gasteiger partial charge on any atom is -0.455 e. The third-order valence-electron chi connectivity index (χ3n) is 27.0. The van der Waals surface area contributed by atoms with Crippen molar-refractivity contribution in [1.82, 2.24) is 0 Å². The van der Waals surface area contributed by atoms with Crippen molar-refractivity contribution < 1.29 is 13.3 Å². The molecular weight excluding hydrogens is 1680 g/mol. The first-order valence-electron chi connectivity index (χ1n) is 47.0. The highest BCUT2D eigenvalue weighted by Crippen LogP contribution is 2.49. The summed E-state index contributed by atoms with van der Waals surface area (Å²) in [6.45, 7) is 0. The Morgan fingerprint density at radius 3 is 0.667 bits per heavy atom. The molecule has 24 aromatic carbocycles. The molecule has 0 amide bonds. The predicted molar refractivity (Wildman–Crippen MR) is 583 cm³/mol. The lowest BCUT2D eigenvalue weighted by atomic mass is 9.96. The molecule has 648 valence electrons. The van der Waals surface area contributed by atoms with Crippen LogP contribution in [0, 0.1) is 0 Å². The highest BCUT2D eigenvalue weighted by molar-refractivity contribution is 6.26. The molecule has 3 heterocycles. The Bertz CT molecular complexity index is 9190. The van der Waals surface area contributed by atoms with Crippen LogP contribution in [0.15, 0.2) is 541 Å². The van der Waals surface area contributed by atoms with Crippen LogP contribution in [-0.2, 0) is 0 Å². The molecule has 0 saturated carbocycles. The Balaban J connectivity index is 0.000000111. The summed E-state index contributed by atoms with van der Waals surface area (Å²) in [6, 6.07) is 188. The van der Waals surface area contributed by atoms with E-state index in [2.05, 4.69) is 518 Å². The summed E-state index contributed by atoms with van der Waals surface area (Å²) < 4.78 is 19.5. The lowest BCUT2D eigenvalue weighted by Gasteiger charge is -2.27. The summed E-state index contributed by atoms with van der Waals surface area (Å²) in [5.74, 6) is 0. The van der Waals surface area contributed by atoms with Gasteiger partial charge >= 0.3 is 0 Å². The summed E-state index contributed by atoms with van der Waals surface area (Å²) in [5.41, 5.74) is 29.8. The molecule has 0 bridgehead atoms. The van der Waals surface area contributed by atoms with Crippen LogP contribution in [0.1, 0.15) is 0 Å². The molecule has 3 aromatic heterocycles. The van der Waals surface area contributed by atoms with E-state index in [0.29, 0.717) is 0 Å². The van der Waals surface area contributed by atoms with Gasteiger partial charge in [0.25, 0.3) is 0 Å². The van der Waals surface area contributed by atoms with Crippen LogP contribution in [-0.4, -0.2) is 0 Å². The van der Waals surface area contributed by atoms with Gasteiger partial charge in [-0.15, -0.1) is 0 Å². The van der Waals surface area contributed by atoms with Gasteiger partial charge in [0.05, 0.1) is 0 Å². The molecule has 6 heteroatoms. The molecule has 0 radical (unpaired) electrons.